The fraction of sp³-hybridized carbons (Fsp3) is 0.333. The van der Waals surface area contributed by atoms with Crippen LogP contribution in [-0.4, -0.2) is 8.53 Å². The molecule has 18 heavy (non-hydrogen) atoms. The minimum absolute atomic E-state index is 0.892. The average Bonchev–Trinajstić information content (AvgIpc) is 2.75. The van der Waals surface area contributed by atoms with Crippen molar-refractivity contribution in [3.8, 4) is 0 Å². The van der Waals surface area contributed by atoms with Gasteiger partial charge in [0.15, 0.2) is 4.90 Å². The van der Waals surface area contributed by atoms with Crippen LogP contribution in [0.1, 0.15) is 29.3 Å². The molecule has 3 heteroatoms. The van der Waals surface area contributed by atoms with E-state index < -0.39 is 11.4 Å². The van der Waals surface area contributed by atoms with Gasteiger partial charge in [-0.2, -0.15) is 3.97 Å². The summed E-state index contributed by atoms with van der Waals surface area (Å²) >= 11 is -1.14. The molecule has 0 aliphatic rings. The van der Waals surface area contributed by atoms with Gasteiger partial charge in [0.25, 0.3) is 0 Å². The molecule has 1 heterocycles. The Bertz CT molecular complexity index is 536. The van der Waals surface area contributed by atoms with Gasteiger partial charge in [0.05, 0.1) is 11.9 Å². The molecule has 96 valence electrons. The molecular formula is C15H19NOS. The van der Waals surface area contributed by atoms with Crippen molar-refractivity contribution in [3.63, 3.8) is 0 Å². The summed E-state index contributed by atoms with van der Waals surface area (Å²) in [4.78, 5) is 0.937. The standard InChI is InChI=1S/C15H19NOS/c1-5-14-7-6-8-16(14)18(17)15-12(3)9-11(2)10-13(15)4/h6-10H,5H2,1-4H3. The van der Waals surface area contributed by atoms with Crippen LogP contribution in [0.25, 0.3) is 0 Å². The van der Waals surface area contributed by atoms with Crippen molar-refractivity contribution in [2.45, 2.75) is 39.0 Å². The lowest BCUT2D eigenvalue weighted by Crippen LogP contribution is -2.17. The maximum atomic E-state index is 12.7. The van der Waals surface area contributed by atoms with Gasteiger partial charge in [-0.25, -0.2) is 0 Å². The summed E-state index contributed by atoms with van der Waals surface area (Å²) in [5, 5.41) is 0. The summed E-state index contributed by atoms with van der Waals surface area (Å²) in [7, 11) is 0. The van der Waals surface area contributed by atoms with Gasteiger partial charge in [-0.3, -0.25) is 0 Å². The third-order valence-electron chi connectivity index (χ3n) is 3.11. The summed E-state index contributed by atoms with van der Waals surface area (Å²) in [5.41, 5.74) is 4.52. The summed E-state index contributed by atoms with van der Waals surface area (Å²) in [6.07, 6.45) is 2.79. The van der Waals surface area contributed by atoms with Gasteiger partial charge in [0.1, 0.15) is 11.4 Å². The van der Waals surface area contributed by atoms with Crippen molar-refractivity contribution in [1.29, 1.82) is 0 Å². The van der Waals surface area contributed by atoms with Crippen LogP contribution in [0.15, 0.2) is 35.4 Å². The Labute approximate surface area is 112 Å². The van der Waals surface area contributed by atoms with Crippen molar-refractivity contribution in [2.24, 2.45) is 0 Å². The Kier molecular flexibility index (Phi) is 3.83. The van der Waals surface area contributed by atoms with E-state index in [1.807, 2.05) is 36.1 Å². The highest BCUT2D eigenvalue weighted by Gasteiger charge is 2.21. The molecule has 1 atom stereocenters. The zero-order valence-electron chi connectivity index (χ0n) is 11.4. The van der Waals surface area contributed by atoms with Gasteiger partial charge in [-0.05, 0) is 39.3 Å². The Hall–Kier alpha value is -1.19. The molecule has 0 fully saturated rings. The Morgan fingerprint density at radius 2 is 1.78 bits per heavy atom. The normalized spacial score (nSPS) is 12.7. The molecule has 0 saturated carbocycles. The number of nitrogens with zero attached hydrogens (tertiary/aromatic N) is 1. The van der Waals surface area contributed by atoms with Crippen molar-refractivity contribution >= 4 is 11.4 Å². The second kappa shape index (κ2) is 5.21. The molecule has 0 spiro atoms. The molecule has 2 nitrogen and oxygen atoms in total. The van der Waals surface area contributed by atoms with E-state index >= 15 is 0 Å². The highest BCUT2D eigenvalue weighted by atomic mass is 32.2. The lowest BCUT2D eigenvalue weighted by atomic mass is 10.1. The van der Waals surface area contributed by atoms with E-state index in [1.165, 1.54) is 5.56 Å². The number of aryl methyl sites for hydroxylation is 4. The number of benzene rings is 1. The minimum Gasteiger partial charge on any atom is -0.587 e. The third kappa shape index (κ3) is 2.33. The van der Waals surface area contributed by atoms with Crippen LogP contribution in [-0.2, 0) is 17.8 Å². The molecule has 2 aromatic rings. The Balaban J connectivity index is 2.49. The highest BCUT2D eigenvalue weighted by molar-refractivity contribution is 7.90. The van der Waals surface area contributed by atoms with Crippen LogP contribution in [0.5, 0.6) is 0 Å². The maximum absolute atomic E-state index is 12.7. The van der Waals surface area contributed by atoms with E-state index in [1.54, 1.807) is 0 Å². The summed E-state index contributed by atoms with van der Waals surface area (Å²) < 4.78 is 14.6. The molecular weight excluding hydrogens is 242 g/mol. The van der Waals surface area contributed by atoms with Crippen molar-refractivity contribution < 1.29 is 4.55 Å². The number of hydrogen-bond acceptors (Lipinski definition) is 1. The zero-order chi connectivity index (χ0) is 13.3. The number of rotatable bonds is 3. The van der Waals surface area contributed by atoms with Crippen LogP contribution in [0.2, 0.25) is 0 Å². The first-order valence-corrected chi connectivity index (χ1v) is 7.31. The van der Waals surface area contributed by atoms with Crippen LogP contribution < -0.4 is 0 Å². The van der Waals surface area contributed by atoms with E-state index in [2.05, 4.69) is 26.0 Å². The van der Waals surface area contributed by atoms with Crippen LogP contribution in [0.4, 0.5) is 0 Å². The second-order valence-electron chi connectivity index (χ2n) is 4.66. The molecule has 2 rings (SSSR count). The van der Waals surface area contributed by atoms with Gasteiger partial charge < -0.3 is 4.55 Å². The third-order valence-corrected chi connectivity index (χ3v) is 4.82. The fourth-order valence-electron chi connectivity index (χ4n) is 2.38. The first kappa shape index (κ1) is 13.2. The zero-order valence-corrected chi connectivity index (χ0v) is 12.2. The predicted octanol–water partition coefficient (Wildman–Crippen LogP) is 3.55. The monoisotopic (exact) mass is 261 g/mol. The maximum Gasteiger partial charge on any atom is 0.186 e. The van der Waals surface area contributed by atoms with Gasteiger partial charge in [0.2, 0.25) is 0 Å². The molecule has 0 radical (unpaired) electrons. The highest BCUT2D eigenvalue weighted by Crippen LogP contribution is 2.25. The molecule has 0 aliphatic heterocycles. The molecule has 0 saturated heterocycles. The van der Waals surface area contributed by atoms with Crippen LogP contribution >= 0.6 is 0 Å². The first-order chi connectivity index (χ1) is 8.54. The van der Waals surface area contributed by atoms with Crippen molar-refractivity contribution in [3.05, 3.63) is 52.8 Å². The number of hydrogen-bond donors (Lipinski definition) is 0. The van der Waals surface area contributed by atoms with Crippen molar-refractivity contribution in [2.75, 3.05) is 0 Å². The van der Waals surface area contributed by atoms with E-state index in [0.29, 0.717) is 0 Å². The molecule has 0 bridgehead atoms. The largest absolute Gasteiger partial charge is 0.587 e. The van der Waals surface area contributed by atoms with E-state index in [4.69, 9.17) is 0 Å². The molecule has 0 aliphatic carbocycles. The van der Waals surface area contributed by atoms with Crippen LogP contribution in [0.3, 0.4) is 0 Å². The van der Waals surface area contributed by atoms with Gasteiger partial charge in [0, 0.05) is 11.1 Å². The second-order valence-corrected chi connectivity index (χ2v) is 5.96. The lowest BCUT2D eigenvalue weighted by molar-refractivity contribution is 0.583. The van der Waals surface area contributed by atoms with Gasteiger partial charge in [-0.1, -0.05) is 24.6 Å². The quantitative estimate of drug-likeness (QED) is 0.777. The van der Waals surface area contributed by atoms with E-state index in [0.717, 1.165) is 28.1 Å². The molecule has 1 unspecified atom stereocenters. The smallest absolute Gasteiger partial charge is 0.186 e. The first-order valence-electron chi connectivity index (χ1n) is 6.21. The topological polar surface area (TPSA) is 28.0 Å². The Morgan fingerprint density at radius 1 is 1.17 bits per heavy atom. The minimum atomic E-state index is -1.14. The average molecular weight is 261 g/mol. The van der Waals surface area contributed by atoms with E-state index in [-0.39, 0.29) is 0 Å². The summed E-state index contributed by atoms with van der Waals surface area (Å²) in [6, 6.07) is 8.16. The lowest BCUT2D eigenvalue weighted by Gasteiger charge is -2.17. The molecule has 1 aromatic heterocycles. The molecule has 0 N–H and O–H groups in total. The SMILES string of the molecule is CCc1cccn1[S+]([O-])c1c(C)cc(C)cc1C. The van der Waals surface area contributed by atoms with Gasteiger partial charge >= 0.3 is 0 Å². The summed E-state index contributed by atoms with van der Waals surface area (Å²) in [6.45, 7) is 8.21. The fourth-order valence-corrected chi connectivity index (χ4v) is 3.83. The predicted molar refractivity (Wildman–Crippen MR) is 76.3 cm³/mol. The van der Waals surface area contributed by atoms with Gasteiger partial charge in [-0.15, -0.1) is 0 Å². The summed E-state index contributed by atoms with van der Waals surface area (Å²) in [5.74, 6) is 0. The molecule has 1 aromatic carbocycles. The van der Waals surface area contributed by atoms with Crippen molar-refractivity contribution in [1.82, 2.24) is 3.97 Å². The van der Waals surface area contributed by atoms with Crippen LogP contribution in [0, 0.1) is 20.8 Å². The number of aromatic nitrogens is 1. The molecule has 0 amide bonds. The Morgan fingerprint density at radius 3 is 2.33 bits per heavy atom. The van der Waals surface area contributed by atoms with E-state index in [9.17, 15) is 4.55 Å².